The van der Waals surface area contributed by atoms with Crippen LogP contribution >= 0.6 is 0 Å². The van der Waals surface area contributed by atoms with Gasteiger partial charge in [0.1, 0.15) is 23.9 Å². The van der Waals surface area contributed by atoms with E-state index in [2.05, 4.69) is 30.7 Å². The Morgan fingerprint density at radius 2 is 1.78 bits per heavy atom. The van der Waals surface area contributed by atoms with E-state index in [4.69, 9.17) is 14.2 Å². The number of amides is 3. The van der Waals surface area contributed by atoms with Gasteiger partial charge in [0.2, 0.25) is 5.88 Å². The molecule has 1 unspecified atom stereocenters. The van der Waals surface area contributed by atoms with Crippen LogP contribution in [0.2, 0.25) is 0 Å². The Morgan fingerprint density at radius 3 is 2.49 bits per heavy atom. The van der Waals surface area contributed by atoms with Crippen molar-refractivity contribution < 1.29 is 23.8 Å². The molecule has 1 aliphatic heterocycles. The van der Waals surface area contributed by atoms with Gasteiger partial charge in [-0.15, -0.1) is 0 Å². The van der Waals surface area contributed by atoms with Crippen molar-refractivity contribution in [1.82, 2.24) is 19.7 Å². The molecule has 41 heavy (non-hydrogen) atoms. The first-order valence-electron chi connectivity index (χ1n) is 12.7. The number of anilines is 2. The number of rotatable bonds is 7. The zero-order valence-corrected chi connectivity index (χ0v) is 23.2. The van der Waals surface area contributed by atoms with E-state index in [-0.39, 0.29) is 11.3 Å². The van der Waals surface area contributed by atoms with Crippen LogP contribution in [0.5, 0.6) is 23.1 Å². The van der Waals surface area contributed by atoms with Crippen LogP contribution < -0.4 is 24.8 Å². The Morgan fingerprint density at radius 1 is 1.00 bits per heavy atom. The SMILES string of the molecule is COc1cc2ncnc(Oc3cccc(NC(=O)Nc4cc(C(C)(C)C)nn4C4C=CC(=O)N=C4)c3)c2cc1OC. The van der Waals surface area contributed by atoms with E-state index in [1.54, 1.807) is 67.4 Å². The summed E-state index contributed by atoms with van der Waals surface area (Å²) >= 11 is 0. The molecule has 2 aromatic heterocycles. The fourth-order valence-corrected chi connectivity index (χ4v) is 4.12. The van der Waals surface area contributed by atoms with Gasteiger partial charge in [-0.2, -0.15) is 5.10 Å². The lowest BCUT2D eigenvalue weighted by atomic mass is 9.92. The van der Waals surface area contributed by atoms with Crippen molar-refractivity contribution >= 4 is 40.6 Å². The van der Waals surface area contributed by atoms with Crippen LogP contribution in [-0.2, 0) is 10.2 Å². The maximum absolute atomic E-state index is 13.0. The Labute approximate surface area is 236 Å². The normalized spacial score (nSPS) is 14.7. The van der Waals surface area contributed by atoms with E-state index >= 15 is 0 Å². The number of allylic oxidation sites excluding steroid dienone is 1. The molecule has 12 heteroatoms. The molecule has 0 saturated heterocycles. The summed E-state index contributed by atoms with van der Waals surface area (Å²) in [7, 11) is 3.10. The first kappa shape index (κ1) is 27.3. The highest BCUT2D eigenvalue weighted by Gasteiger charge is 2.24. The lowest BCUT2D eigenvalue weighted by Crippen LogP contribution is -2.23. The fourth-order valence-electron chi connectivity index (χ4n) is 4.12. The second-order valence-electron chi connectivity index (χ2n) is 10.2. The number of carbonyl (C=O) groups is 2. The summed E-state index contributed by atoms with van der Waals surface area (Å²) in [5.41, 5.74) is 1.61. The van der Waals surface area contributed by atoms with Crippen molar-refractivity contribution in [2.75, 3.05) is 24.9 Å². The van der Waals surface area contributed by atoms with Crippen LogP contribution in [0.25, 0.3) is 10.9 Å². The number of aromatic nitrogens is 4. The van der Waals surface area contributed by atoms with Gasteiger partial charge in [-0.25, -0.2) is 24.4 Å². The summed E-state index contributed by atoms with van der Waals surface area (Å²) in [6, 6.07) is 11.3. The van der Waals surface area contributed by atoms with Crippen molar-refractivity contribution in [3.8, 4) is 23.1 Å². The standard InChI is InChI=1S/C29H29N7O5/c1-29(2,3)24-14-25(36(35-24)18-9-10-26(37)30-15-18)34-28(38)33-17-7-6-8-19(11-17)41-27-20-12-22(39-4)23(40-5)13-21(20)31-16-32-27/h6-16,18H,1-5H3,(H2,33,34,38). The number of hydrogen-bond acceptors (Lipinski definition) is 8. The van der Waals surface area contributed by atoms with Gasteiger partial charge in [-0.3, -0.25) is 10.1 Å². The summed E-state index contributed by atoms with van der Waals surface area (Å²) < 4.78 is 18.5. The Bertz CT molecular complexity index is 1670. The average Bonchev–Trinajstić information content (AvgIpc) is 3.37. The number of urea groups is 1. The zero-order chi connectivity index (χ0) is 29.1. The van der Waals surface area contributed by atoms with E-state index in [1.807, 2.05) is 20.8 Å². The smallest absolute Gasteiger partial charge is 0.324 e. The zero-order valence-electron chi connectivity index (χ0n) is 23.2. The van der Waals surface area contributed by atoms with Crippen molar-refractivity contribution in [2.45, 2.75) is 32.2 Å². The number of dihydropyridines is 1. The van der Waals surface area contributed by atoms with Crippen LogP contribution in [0.1, 0.15) is 32.5 Å². The Balaban J connectivity index is 1.35. The molecule has 1 aliphatic rings. The molecule has 1 atom stereocenters. The number of nitrogens with zero attached hydrogens (tertiary/aromatic N) is 5. The summed E-state index contributed by atoms with van der Waals surface area (Å²) in [6.45, 7) is 6.07. The second-order valence-corrected chi connectivity index (χ2v) is 10.2. The van der Waals surface area contributed by atoms with Gasteiger partial charge in [0, 0.05) is 41.6 Å². The number of benzene rings is 2. The molecule has 5 rings (SSSR count). The molecule has 0 radical (unpaired) electrons. The minimum absolute atomic E-state index is 0.268. The number of hydrogen-bond donors (Lipinski definition) is 2. The lowest BCUT2D eigenvalue weighted by Gasteiger charge is -2.16. The summed E-state index contributed by atoms with van der Waals surface area (Å²) in [6.07, 6.45) is 5.96. The predicted octanol–water partition coefficient (Wildman–Crippen LogP) is 5.29. The van der Waals surface area contributed by atoms with Gasteiger partial charge >= 0.3 is 6.03 Å². The third-order valence-electron chi connectivity index (χ3n) is 6.23. The molecule has 2 aromatic carbocycles. The third-order valence-corrected chi connectivity index (χ3v) is 6.23. The molecule has 210 valence electrons. The van der Waals surface area contributed by atoms with Gasteiger partial charge in [0.25, 0.3) is 5.91 Å². The van der Waals surface area contributed by atoms with Crippen LogP contribution in [-0.4, -0.2) is 52.1 Å². The quantitative estimate of drug-likeness (QED) is 0.313. The lowest BCUT2D eigenvalue weighted by molar-refractivity contribution is -0.113. The average molecular weight is 556 g/mol. The molecule has 0 saturated carbocycles. The molecular weight excluding hydrogens is 526 g/mol. The number of methoxy groups -OCH3 is 2. The van der Waals surface area contributed by atoms with Gasteiger partial charge in [0.15, 0.2) is 11.5 Å². The Kier molecular flexibility index (Phi) is 7.38. The van der Waals surface area contributed by atoms with Crippen molar-refractivity contribution in [1.29, 1.82) is 0 Å². The maximum Gasteiger partial charge on any atom is 0.324 e. The van der Waals surface area contributed by atoms with Gasteiger partial charge in [-0.1, -0.05) is 26.8 Å². The molecule has 3 heterocycles. The molecule has 3 amide bonds. The van der Waals surface area contributed by atoms with E-state index < -0.39 is 12.1 Å². The molecule has 0 aliphatic carbocycles. The minimum Gasteiger partial charge on any atom is -0.493 e. The van der Waals surface area contributed by atoms with Crippen LogP contribution in [0.3, 0.4) is 0 Å². The largest absolute Gasteiger partial charge is 0.493 e. The number of fused-ring (bicyclic) bond motifs is 1. The fraction of sp³-hybridized carbons (Fsp3) is 0.241. The first-order chi connectivity index (χ1) is 19.6. The van der Waals surface area contributed by atoms with Crippen molar-refractivity contribution in [3.63, 3.8) is 0 Å². The number of nitrogens with one attached hydrogen (secondary N) is 2. The van der Waals surface area contributed by atoms with Crippen LogP contribution in [0, 0.1) is 0 Å². The molecule has 0 spiro atoms. The minimum atomic E-state index is -0.485. The third kappa shape index (κ3) is 6.01. The number of aliphatic imine (C=N–C) groups is 1. The van der Waals surface area contributed by atoms with E-state index in [1.165, 1.54) is 18.6 Å². The first-order valence-corrected chi connectivity index (χ1v) is 12.7. The highest BCUT2D eigenvalue weighted by Crippen LogP contribution is 2.36. The van der Waals surface area contributed by atoms with Gasteiger partial charge < -0.3 is 19.5 Å². The molecule has 4 aromatic rings. The van der Waals surface area contributed by atoms with E-state index in [0.29, 0.717) is 45.5 Å². The van der Waals surface area contributed by atoms with Crippen molar-refractivity contribution in [3.05, 3.63) is 66.6 Å². The molecule has 2 N–H and O–H groups in total. The summed E-state index contributed by atoms with van der Waals surface area (Å²) in [4.78, 5) is 37.0. The van der Waals surface area contributed by atoms with E-state index in [9.17, 15) is 9.59 Å². The molecule has 0 fully saturated rings. The van der Waals surface area contributed by atoms with Crippen LogP contribution in [0.4, 0.5) is 16.3 Å². The highest BCUT2D eigenvalue weighted by atomic mass is 16.5. The molecule has 12 nitrogen and oxygen atoms in total. The number of ether oxygens (including phenoxy) is 3. The topological polar surface area (TPSA) is 142 Å². The van der Waals surface area contributed by atoms with Gasteiger partial charge in [0.05, 0.1) is 30.8 Å². The Hall–Kier alpha value is -5.26. The summed E-state index contributed by atoms with van der Waals surface area (Å²) in [5, 5.41) is 11.0. The van der Waals surface area contributed by atoms with Gasteiger partial charge in [-0.05, 0) is 24.3 Å². The second kappa shape index (κ2) is 11.1. The predicted molar refractivity (Wildman–Crippen MR) is 154 cm³/mol. The maximum atomic E-state index is 13.0. The van der Waals surface area contributed by atoms with E-state index in [0.717, 1.165) is 5.69 Å². The number of carbonyl (C=O) groups excluding carboxylic acids is 2. The molecule has 0 bridgehead atoms. The van der Waals surface area contributed by atoms with Crippen molar-refractivity contribution in [2.24, 2.45) is 4.99 Å². The molecular formula is C29H29N7O5. The highest BCUT2D eigenvalue weighted by molar-refractivity contribution is 6.00. The summed E-state index contributed by atoms with van der Waals surface area (Å²) in [5.74, 6) is 1.93. The monoisotopic (exact) mass is 555 g/mol. The van der Waals surface area contributed by atoms with Crippen LogP contribution in [0.15, 0.2) is 65.9 Å².